The zero-order valence-corrected chi connectivity index (χ0v) is 16.5. The molecule has 0 saturated carbocycles. The fourth-order valence-corrected chi connectivity index (χ4v) is 5.37. The number of ether oxygens (including phenoxy) is 1. The molecule has 8 heteroatoms. The largest absolute Gasteiger partial charge is 0.370 e. The molecule has 1 saturated heterocycles. The molecule has 1 fully saturated rings. The lowest BCUT2D eigenvalue weighted by atomic mass is 9.90. The lowest BCUT2D eigenvalue weighted by Crippen LogP contribution is -2.36. The Bertz CT molecular complexity index is 1020. The molecule has 0 radical (unpaired) electrons. The van der Waals surface area contributed by atoms with Crippen LogP contribution < -0.4 is 16.2 Å². The Morgan fingerprint density at radius 2 is 2.00 bits per heavy atom. The fraction of sp³-hybridized carbons (Fsp3) is 0.526. The molecular formula is C19H24N6OS. The minimum Gasteiger partial charge on any atom is -0.370 e. The molecule has 0 atom stereocenters. The number of piperidine rings is 1. The van der Waals surface area contributed by atoms with Crippen LogP contribution >= 0.6 is 11.3 Å². The summed E-state index contributed by atoms with van der Waals surface area (Å²) < 4.78 is 7.14. The number of nitrogens with zero attached hydrogens (tertiary/aromatic N) is 4. The van der Waals surface area contributed by atoms with Crippen LogP contribution in [0.15, 0.2) is 6.33 Å². The number of aromatic nitrogens is 3. The third-order valence-electron chi connectivity index (χ3n) is 5.60. The van der Waals surface area contributed by atoms with Gasteiger partial charge in [-0.2, -0.15) is 0 Å². The van der Waals surface area contributed by atoms with Crippen molar-refractivity contribution in [3.63, 3.8) is 0 Å². The maximum absolute atomic E-state index is 6.18. The molecule has 0 aliphatic carbocycles. The first-order chi connectivity index (χ1) is 13.1. The lowest BCUT2D eigenvalue weighted by Gasteiger charge is -2.36. The number of thiophene rings is 1. The van der Waals surface area contributed by atoms with E-state index in [0.29, 0.717) is 12.4 Å². The molecule has 0 amide bonds. The lowest BCUT2D eigenvalue weighted by molar-refractivity contribution is -0.0395. The van der Waals surface area contributed by atoms with Crippen molar-refractivity contribution in [3.8, 4) is 0 Å². The first-order valence-corrected chi connectivity index (χ1v) is 10.3. The number of hydrogen-bond acceptors (Lipinski definition) is 8. The van der Waals surface area contributed by atoms with E-state index in [4.69, 9.17) is 15.6 Å². The van der Waals surface area contributed by atoms with Gasteiger partial charge in [-0.05, 0) is 38.7 Å². The third-order valence-corrected chi connectivity index (χ3v) is 6.68. The first-order valence-electron chi connectivity index (χ1n) is 9.52. The molecule has 5 rings (SSSR count). The highest BCUT2D eigenvalue weighted by atomic mass is 32.1. The van der Waals surface area contributed by atoms with Crippen molar-refractivity contribution in [2.45, 2.75) is 51.7 Å². The summed E-state index contributed by atoms with van der Waals surface area (Å²) in [6, 6.07) is 0. The van der Waals surface area contributed by atoms with Crippen molar-refractivity contribution in [1.82, 2.24) is 15.0 Å². The molecule has 2 aliphatic rings. The summed E-state index contributed by atoms with van der Waals surface area (Å²) in [6.07, 6.45) is 6.16. The van der Waals surface area contributed by atoms with Crippen molar-refractivity contribution in [2.24, 2.45) is 5.84 Å². The quantitative estimate of drug-likeness (QED) is 0.517. The minimum atomic E-state index is -0.198. The highest BCUT2D eigenvalue weighted by molar-refractivity contribution is 7.26. The van der Waals surface area contributed by atoms with E-state index in [2.05, 4.69) is 34.1 Å². The van der Waals surface area contributed by atoms with E-state index in [-0.39, 0.29) is 5.60 Å². The van der Waals surface area contributed by atoms with Crippen LogP contribution in [0, 0.1) is 0 Å². The highest BCUT2D eigenvalue weighted by Crippen LogP contribution is 2.44. The topological polar surface area (TPSA) is 89.2 Å². The van der Waals surface area contributed by atoms with Crippen LogP contribution in [0.25, 0.3) is 20.4 Å². The van der Waals surface area contributed by atoms with Gasteiger partial charge in [0.2, 0.25) is 0 Å². The number of nitrogens with one attached hydrogen (secondary N) is 1. The summed E-state index contributed by atoms with van der Waals surface area (Å²) in [5, 5.41) is 1.14. The van der Waals surface area contributed by atoms with Crippen LogP contribution in [-0.4, -0.2) is 33.6 Å². The zero-order chi connectivity index (χ0) is 18.6. The summed E-state index contributed by atoms with van der Waals surface area (Å²) in [5.74, 6) is 7.43. The second-order valence-electron chi connectivity index (χ2n) is 7.99. The Labute approximate surface area is 161 Å². The molecular weight excluding hydrogens is 360 g/mol. The van der Waals surface area contributed by atoms with Crippen molar-refractivity contribution in [2.75, 3.05) is 23.4 Å². The molecule has 5 heterocycles. The van der Waals surface area contributed by atoms with Crippen LogP contribution in [0.3, 0.4) is 0 Å². The third kappa shape index (κ3) is 2.74. The number of nitrogens with two attached hydrogens (primary N) is 1. The van der Waals surface area contributed by atoms with E-state index >= 15 is 0 Å². The minimum absolute atomic E-state index is 0.198. The second kappa shape index (κ2) is 6.25. The standard InChI is InChI=1S/C19H24N6OS/c1-19(2)8-11-12(9-26-19)17(25-6-4-3-5-7-25)23-18-13(11)14-15(27-18)16(24-20)22-10-21-14/h10H,3-9,20H2,1-2H3,(H,21,22,24). The van der Waals surface area contributed by atoms with Gasteiger partial charge in [-0.25, -0.2) is 20.8 Å². The molecule has 3 aromatic rings. The Kier molecular flexibility index (Phi) is 3.96. The van der Waals surface area contributed by atoms with E-state index in [0.717, 1.165) is 45.8 Å². The van der Waals surface area contributed by atoms with Crippen LogP contribution in [0.4, 0.5) is 11.6 Å². The first kappa shape index (κ1) is 17.1. The van der Waals surface area contributed by atoms with E-state index in [9.17, 15) is 0 Å². The summed E-state index contributed by atoms with van der Waals surface area (Å²) in [4.78, 5) is 17.4. The monoisotopic (exact) mass is 384 g/mol. The number of anilines is 2. The molecule has 0 unspecified atom stereocenters. The molecule has 2 aliphatic heterocycles. The number of pyridine rings is 1. The Morgan fingerprint density at radius 1 is 1.19 bits per heavy atom. The zero-order valence-electron chi connectivity index (χ0n) is 15.7. The van der Waals surface area contributed by atoms with Crippen molar-refractivity contribution < 1.29 is 4.74 Å². The predicted octanol–water partition coefficient (Wildman–Crippen LogP) is 3.37. The van der Waals surface area contributed by atoms with Gasteiger partial charge in [0.25, 0.3) is 0 Å². The molecule has 27 heavy (non-hydrogen) atoms. The van der Waals surface area contributed by atoms with Crippen LogP contribution in [0.1, 0.15) is 44.2 Å². The molecule has 7 nitrogen and oxygen atoms in total. The number of nitrogen functional groups attached to an aromatic ring is 1. The van der Waals surface area contributed by atoms with Gasteiger partial charge in [-0.15, -0.1) is 11.3 Å². The molecule has 142 valence electrons. The van der Waals surface area contributed by atoms with Crippen LogP contribution in [-0.2, 0) is 17.8 Å². The second-order valence-corrected chi connectivity index (χ2v) is 8.99. The summed E-state index contributed by atoms with van der Waals surface area (Å²) >= 11 is 1.62. The van der Waals surface area contributed by atoms with Gasteiger partial charge in [0, 0.05) is 30.5 Å². The summed E-state index contributed by atoms with van der Waals surface area (Å²) in [7, 11) is 0. The van der Waals surface area contributed by atoms with E-state index in [1.807, 2.05) is 0 Å². The SMILES string of the molecule is CC1(C)Cc2c(c(N3CCCCC3)nc3sc4c(NN)ncnc4c23)CO1. The Hall–Kier alpha value is -2.03. The maximum atomic E-state index is 6.18. The smallest absolute Gasteiger partial charge is 0.161 e. The number of hydrazine groups is 1. The molecule has 0 aromatic carbocycles. The van der Waals surface area contributed by atoms with E-state index in [1.54, 1.807) is 17.7 Å². The molecule has 3 N–H and O–H groups in total. The Morgan fingerprint density at radius 3 is 2.78 bits per heavy atom. The van der Waals surface area contributed by atoms with Gasteiger partial charge in [0.15, 0.2) is 5.82 Å². The molecule has 0 bridgehead atoms. The average Bonchev–Trinajstić information content (AvgIpc) is 3.06. The van der Waals surface area contributed by atoms with Gasteiger partial charge < -0.3 is 15.1 Å². The van der Waals surface area contributed by atoms with Crippen molar-refractivity contribution in [3.05, 3.63) is 17.5 Å². The van der Waals surface area contributed by atoms with Crippen LogP contribution in [0.5, 0.6) is 0 Å². The Balaban J connectivity index is 1.81. The van der Waals surface area contributed by atoms with Gasteiger partial charge in [-0.1, -0.05) is 0 Å². The van der Waals surface area contributed by atoms with Crippen LogP contribution in [0.2, 0.25) is 0 Å². The highest BCUT2D eigenvalue weighted by Gasteiger charge is 2.33. The van der Waals surface area contributed by atoms with E-state index in [1.165, 1.54) is 30.4 Å². The summed E-state index contributed by atoms with van der Waals surface area (Å²) in [6.45, 7) is 7.03. The fourth-order valence-electron chi connectivity index (χ4n) is 4.26. The number of rotatable bonds is 2. The maximum Gasteiger partial charge on any atom is 0.161 e. The van der Waals surface area contributed by atoms with Gasteiger partial charge in [0.05, 0.1) is 22.4 Å². The number of fused-ring (bicyclic) bond motifs is 5. The van der Waals surface area contributed by atoms with E-state index < -0.39 is 0 Å². The van der Waals surface area contributed by atoms with Gasteiger partial charge in [0.1, 0.15) is 17.0 Å². The van der Waals surface area contributed by atoms with Gasteiger partial charge >= 0.3 is 0 Å². The van der Waals surface area contributed by atoms with Gasteiger partial charge in [-0.3, -0.25) is 0 Å². The number of hydrogen-bond donors (Lipinski definition) is 2. The van der Waals surface area contributed by atoms with Crippen molar-refractivity contribution >= 4 is 43.4 Å². The molecule has 0 spiro atoms. The predicted molar refractivity (Wildman–Crippen MR) is 109 cm³/mol. The summed E-state index contributed by atoms with van der Waals surface area (Å²) in [5.41, 5.74) is 5.99. The normalized spacial score (nSPS) is 19.4. The van der Waals surface area contributed by atoms with Crippen molar-refractivity contribution in [1.29, 1.82) is 0 Å². The average molecular weight is 385 g/mol. The molecule has 3 aromatic heterocycles.